The number of aliphatic hydroxyl groups is 1. The van der Waals surface area contributed by atoms with E-state index in [2.05, 4.69) is 28.7 Å². The maximum absolute atomic E-state index is 10.3. The maximum atomic E-state index is 10.3. The fraction of sp³-hybridized carbons (Fsp3) is 0.667. The Bertz CT molecular complexity index is 385. The minimum atomic E-state index is -0.675. The van der Waals surface area contributed by atoms with Gasteiger partial charge in [-0.2, -0.15) is 0 Å². The van der Waals surface area contributed by atoms with Gasteiger partial charge in [0.1, 0.15) is 11.6 Å². The fourth-order valence-corrected chi connectivity index (χ4v) is 2.07. The van der Waals surface area contributed by atoms with Crippen molar-refractivity contribution in [1.82, 2.24) is 9.97 Å². The van der Waals surface area contributed by atoms with Crippen molar-refractivity contribution in [1.29, 1.82) is 0 Å². The Morgan fingerprint density at radius 1 is 1.31 bits per heavy atom. The predicted molar refractivity (Wildman–Crippen MR) is 63.4 cm³/mol. The summed E-state index contributed by atoms with van der Waals surface area (Å²) < 4.78 is 0. The number of aryl methyl sites for hydroxylation is 1. The van der Waals surface area contributed by atoms with E-state index in [-0.39, 0.29) is 5.41 Å². The van der Waals surface area contributed by atoms with Gasteiger partial charge in [-0.25, -0.2) is 9.97 Å². The summed E-state index contributed by atoms with van der Waals surface area (Å²) >= 11 is 0. The molecule has 2 heterocycles. The lowest BCUT2D eigenvalue weighted by Crippen LogP contribution is -2.40. The first-order valence-electron chi connectivity index (χ1n) is 5.59. The molecule has 88 valence electrons. The summed E-state index contributed by atoms with van der Waals surface area (Å²) in [5.41, 5.74) is -0.794. The minimum absolute atomic E-state index is 0.119. The first-order chi connectivity index (χ1) is 7.32. The van der Waals surface area contributed by atoms with Gasteiger partial charge in [-0.15, -0.1) is 0 Å². The SMILES string of the molecule is Cc1nccc(N2CC(C)(C)[C@](C)(O)C2)n1. The Hall–Kier alpha value is -1.16. The highest BCUT2D eigenvalue weighted by atomic mass is 16.3. The van der Waals surface area contributed by atoms with Crippen molar-refractivity contribution >= 4 is 5.82 Å². The molecular formula is C12H19N3O. The molecule has 0 spiro atoms. The second-order valence-electron chi connectivity index (χ2n) is 5.48. The molecule has 1 aromatic heterocycles. The summed E-state index contributed by atoms with van der Waals surface area (Å²) in [4.78, 5) is 10.6. The highest BCUT2D eigenvalue weighted by Gasteiger charge is 2.48. The van der Waals surface area contributed by atoms with Crippen LogP contribution in [0.5, 0.6) is 0 Å². The lowest BCUT2D eigenvalue weighted by molar-refractivity contribution is -0.00891. The van der Waals surface area contributed by atoms with Gasteiger partial charge in [0.2, 0.25) is 0 Å². The topological polar surface area (TPSA) is 49.2 Å². The molecule has 0 saturated carbocycles. The molecule has 0 bridgehead atoms. The number of nitrogens with zero attached hydrogens (tertiary/aromatic N) is 3. The molecule has 16 heavy (non-hydrogen) atoms. The average molecular weight is 221 g/mol. The highest BCUT2D eigenvalue weighted by Crippen LogP contribution is 2.39. The van der Waals surface area contributed by atoms with Crippen LogP contribution >= 0.6 is 0 Å². The van der Waals surface area contributed by atoms with E-state index in [1.54, 1.807) is 6.20 Å². The van der Waals surface area contributed by atoms with Crippen molar-refractivity contribution in [2.24, 2.45) is 5.41 Å². The molecule has 1 atom stereocenters. The molecule has 1 saturated heterocycles. The quantitative estimate of drug-likeness (QED) is 0.778. The van der Waals surface area contributed by atoms with E-state index in [4.69, 9.17) is 0 Å². The molecular weight excluding hydrogens is 202 g/mol. The summed E-state index contributed by atoms with van der Waals surface area (Å²) in [6.07, 6.45) is 1.76. The molecule has 0 unspecified atom stereocenters. The number of anilines is 1. The Labute approximate surface area is 96.3 Å². The molecule has 0 aliphatic carbocycles. The van der Waals surface area contributed by atoms with Gasteiger partial charge in [-0.05, 0) is 19.9 Å². The zero-order valence-electron chi connectivity index (χ0n) is 10.4. The van der Waals surface area contributed by atoms with Crippen molar-refractivity contribution in [3.05, 3.63) is 18.1 Å². The summed E-state index contributed by atoms with van der Waals surface area (Å²) in [5.74, 6) is 1.67. The van der Waals surface area contributed by atoms with Gasteiger partial charge in [0.05, 0.1) is 5.60 Å². The van der Waals surface area contributed by atoms with Crippen LogP contribution in [0.4, 0.5) is 5.82 Å². The van der Waals surface area contributed by atoms with Crippen molar-refractivity contribution in [3.63, 3.8) is 0 Å². The second kappa shape index (κ2) is 3.42. The summed E-state index contributed by atoms with van der Waals surface area (Å²) in [6, 6.07) is 1.89. The molecule has 1 fully saturated rings. The zero-order valence-corrected chi connectivity index (χ0v) is 10.4. The Morgan fingerprint density at radius 3 is 2.50 bits per heavy atom. The van der Waals surface area contributed by atoms with Crippen LogP contribution in [0.2, 0.25) is 0 Å². The number of β-amino-alcohol motifs (C(OH)–C–C–N with tert-alkyl or cyclic N) is 1. The molecule has 0 amide bonds. The third kappa shape index (κ3) is 1.78. The van der Waals surface area contributed by atoms with Crippen LogP contribution in [0.15, 0.2) is 12.3 Å². The number of hydrogen-bond donors (Lipinski definition) is 1. The second-order valence-corrected chi connectivity index (χ2v) is 5.48. The lowest BCUT2D eigenvalue weighted by Gasteiger charge is -2.30. The van der Waals surface area contributed by atoms with E-state index >= 15 is 0 Å². The van der Waals surface area contributed by atoms with Gasteiger partial charge in [0.25, 0.3) is 0 Å². The van der Waals surface area contributed by atoms with Crippen LogP contribution in [0.3, 0.4) is 0 Å². The molecule has 2 rings (SSSR count). The molecule has 1 N–H and O–H groups in total. The Morgan fingerprint density at radius 2 is 2.00 bits per heavy atom. The van der Waals surface area contributed by atoms with Gasteiger partial charge < -0.3 is 10.0 Å². The predicted octanol–water partition coefficient (Wildman–Crippen LogP) is 1.38. The first-order valence-corrected chi connectivity index (χ1v) is 5.59. The van der Waals surface area contributed by atoms with Crippen LogP contribution in [-0.4, -0.2) is 33.8 Å². The Balaban J connectivity index is 2.27. The third-order valence-corrected chi connectivity index (χ3v) is 3.63. The Kier molecular flexibility index (Phi) is 2.42. The summed E-state index contributed by atoms with van der Waals surface area (Å²) in [6.45, 7) is 9.37. The third-order valence-electron chi connectivity index (χ3n) is 3.63. The van der Waals surface area contributed by atoms with Gasteiger partial charge in [-0.1, -0.05) is 13.8 Å². The van der Waals surface area contributed by atoms with Gasteiger partial charge in [0, 0.05) is 24.7 Å². The average Bonchev–Trinajstić information content (AvgIpc) is 2.36. The molecule has 1 aliphatic rings. The molecule has 4 nitrogen and oxygen atoms in total. The monoisotopic (exact) mass is 221 g/mol. The van der Waals surface area contributed by atoms with E-state index in [0.29, 0.717) is 6.54 Å². The minimum Gasteiger partial charge on any atom is -0.388 e. The van der Waals surface area contributed by atoms with Crippen LogP contribution in [0.1, 0.15) is 26.6 Å². The lowest BCUT2D eigenvalue weighted by atomic mass is 9.79. The van der Waals surface area contributed by atoms with E-state index in [0.717, 1.165) is 18.2 Å². The normalized spacial score (nSPS) is 28.4. The van der Waals surface area contributed by atoms with Crippen molar-refractivity contribution in [2.45, 2.75) is 33.3 Å². The number of hydrogen-bond acceptors (Lipinski definition) is 4. The smallest absolute Gasteiger partial charge is 0.132 e. The largest absolute Gasteiger partial charge is 0.388 e. The van der Waals surface area contributed by atoms with Crippen LogP contribution < -0.4 is 4.90 Å². The number of rotatable bonds is 1. The van der Waals surface area contributed by atoms with Crippen molar-refractivity contribution in [3.8, 4) is 0 Å². The van der Waals surface area contributed by atoms with Gasteiger partial charge >= 0.3 is 0 Å². The van der Waals surface area contributed by atoms with Gasteiger partial charge in [-0.3, -0.25) is 0 Å². The van der Waals surface area contributed by atoms with Crippen LogP contribution in [0, 0.1) is 12.3 Å². The summed E-state index contributed by atoms with van der Waals surface area (Å²) in [5, 5.41) is 10.3. The highest BCUT2D eigenvalue weighted by molar-refractivity contribution is 5.41. The van der Waals surface area contributed by atoms with E-state index in [1.807, 2.05) is 19.9 Å². The van der Waals surface area contributed by atoms with E-state index in [9.17, 15) is 5.11 Å². The van der Waals surface area contributed by atoms with Gasteiger partial charge in [0.15, 0.2) is 0 Å². The number of aromatic nitrogens is 2. The van der Waals surface area contributed by atoms with E-state index in [1.165, 1.54) is 0 Å². The molecule has 0 radical (unpaired) electrons. The zero-order chi connectivity index (χ0) is 12.0. The summed E-state index contributed by atoms with van der Waals surface area (Å²) in [7, 11) is 0. The molecule has 4 heteroatoms. The first kappa shape index (κ1) is 11.3. The molecule has 1 aliphatic heterocycles. The van der Waals surface area contributed by atoms with E-state index < -0.39 is 5.60 Å². The molecule has 1 aromatic rings. The molecule has 0 aromatic carbocycles. The van der Waals surface area contributed by atoms with Crippen LogP contribution in [0.25, 0.3) is 0 Å². The van der Waals surface area contributed by atoms with Crippen molar-refractivity contribution < 1.29 is 5.11 Å². The van der Waals surface area contributed by atoms with Crippen molar-refractivity contribution in [2.75, 3.05) is 18.0 Å². The standard InChI is InChI=1S/C12H19N3O/c1-9-13-6-5-10(14-9)15-7-11(2,3)12(4,16)8-15/h5-6,16H,7-8H2,1-4H3/t12-/m1/s1. The fourth-order valence-electron chi connectivity index (χ4n) is 2.07. The van der Waals surface area contributed by atoms with Crippen LogP contribution in [-0.2, 0) is 0 Å². The maximum Gasteiger partial charge on any atom is 0.132 e.